The van der Waals surface area contributed by atoms with Gasteiger partial charge in [0.2, 0.25) is 0 Å². The van der Waals surface area contributed by atoms with Gasteiger partial charge in [0.15, 0.2) is 17.3 Å². The largest absolute Gasteiger partial charge is 0.486 e. The minimum absolute atomic E-state index is 0.242. The highest BCUT2D eigenvalue weighted by atomic mass is 19.1. The Bertz CT molecular complexity index is 1310. The molecule has 1 aliphatic rings. The molecule has 4 aromatic rings. The zero-order chi connectivity index (χ0) is 22.6. The number of fused-ring (bicyclic) bond motifs is 1. The summed E-state index contributed by atoms with van der Waals surface area (Å²) in [6.45, 7) is 0.995. The second kappa shape index (κ2) is 8.96. The molecule has 1 amide bonds. The summed E-state index contributed by atoms with van der Waals surface area (Å²) in [6.07, 6.45) is 1.60. The zero-order valence-corrected chi connectivity index (χ0v) is 17.4. The standard InChI is InChI=1S/C25H19FN4O3/c26-18-3-1-2-17(14-18)24-27-11-10-23(30-24)28-19-6-4-16(5-7-19)25(31)29-20-8-9-21-22(15-20)33-13-12-32-21/h1-11,14-15H,12-13H2,(H,29,31)(H,27,28,30). The Labute approximate surface area is 189 Å². The summed E-state index contributed by atoms with van der Waals surface area (Å²) in [4.78, 5) is 21.3. The van der Waals surface area contributed by atoms with Crippen LogP contribution in [0.5, 0.6) is 11.5 Å². The van der Waals surface area contributed by atoms with Gasteiger partial charge >= 0.3 is 0 Å². The number of rotatable bonds is 5. The lowest BCUT2D eigenvalue weighted by molar-refractivity contribution is 0.102. The van der Waals surface area contributed by atoms with Crippen LogP contribution in [-0.4, -0.2) is 29.1 Å². The molecule has 0 radical (unpaired) electrons. The third kappa shape index (κ3) is 4.74. The van der Waals surface area contributed by atoms with Gasteiger partial charge in [-0.2, -0.15) is 0 Å². The molecule has 1 aromatic heterocycles. The van der Waals surface area contributed by atoms with Gasteiger partial charge in [-0.3, -0.25) is 4.79 Å². The van der Waals surface area contributed by atoms with Gasteiger partial charge in [-0.15, -0.1) is 0 Å². The number of ether oxygens (including phenoxy) is 2. The van der Waals surface area contributed by atoms with Crippen molar-refractivity contribution >= 4 is 23.1 Å². The van der Waals surface area contributed by atoms with Crippen molar-refractivity contribution in [2.45, 2.75) is 0 Å². The fraction of sp³-hybridized carbons (Fsp3) is 0.0800. The maximum Gasteiger partial charge on any atom is 0.255 e. The van der Waals surface area contributed by atoms with E-state index in [-0.39, 0.29) is 11.7 Å². The van der Waals surface area contributed by atoms with Gasteiger partial charge in [0.1, 0.15) is 24.8 Å². The molecule has 5 rings (SSSR count). The SMILES string of the molecule is O=C(Nc1ccc2c(c1)OCCO2)c1ccc(Nc2ccnc(-c3cccc(F)c3)n2)cc1. The second-order valence-corrected chi connectivity index (χ2v) is 7.29. The highest BCUT2D eigenvalue weighted by Gasteiger charge is 2.13. The lowest BCUT2D eigenvalue weighted by atomic mass is 10.2. The van der Waals surface area contributed by atoms with Crippen molar-refractivity contribution in [1.29, 1.82) is 0 Å². The first-order chi connectivity index (χ1) is 16.1. The van der Waals surface area contributed by atoms with Crippen molar-refractivity contribution < 1.29 is 18.7 Å². The number of carbonyl (C=O) groups is 1. The summed E-state index contributed by atoms with van der Waals surface area (Å²) < 4.78 is 24.5. The number of nitrogens with one attached hydrogen (secondary N) is 2. The van der Waals surface area contributed by atoms with Gasteiger partial charge in [0.05, 0.1) is 0 Å². The molecular formula is C25H19FN4O3. The summed E-state index contributed by atoms with van der Waals surface area (Å²) >= 11 is 0. The van der Waals surface area contributed by atoms with E-state index in [0.29, 0.717) is 53.2 Å². The molecule has 33 heavy (non-hydrogen) atoms. The Hall–Kier alpha value is -4.46. The van der Waals surface area contributed by atoms with E-state index < -0.39 is 0 Å². The molecule has 164 valence electrons. The second-order valence-electron chi connectivity index (χ2n) is 7.29. The number of benzene rings is 3. The number of amides is 1. The number of carbonyl (C=O) groups excluding carboxylic acids is 1. The number of anilines is 3. The Balaban J connectivity index is 1.26. The van der Waals surface area contributed by atoms with Gasteiger partial charge in [0, 0.05) is 34.8 Å². The van der Waals surface area contributed by atoms with Crippen molar-refractivity contribution in [3.8, 4) is 22.9 Å². The monoisotopic (exact) mass is 442 g/mol. The van der Waals surface area contributed by atoms with E-state index in [1.807, 2.05) is 0 Å². The molecule has 8 heteroatoms. The van der Waals surface area contributed by atoms with E-state index >= 15 is 0 Å². The Morgan fingerprint density at radius 2 is 1.67 bits per heavy atom. The molecule has 0 fully saturated rings. The van der Waals surface area contributed by atoms with Crippen molar-refractivity contribution in [2.24, 2.45) is 0 Å². The van der Waals surface area contributed by atoms with Crippen LogP contribution in [-0.2, 0) is 0 Å². The molecule has 0 bridgehead atoms. The maximum absolute atomic E-state index is 13.5. The minimum atomic E-state index is -0.348. The molecule has 0 saturated heterocycles. The van der Waals surface area contributed by atoms with Crippen LogP contribution in [0.25, 0.3) is 11.4 Å². The van der Waals surface area contributed by atoms with Gasteiger partial charge in [-0.25, -0.2) is 14.4 Å². The predicted molar refractivity (Wildman–Crippen MR) is 123 cm³/mol. The molecule has 0 atom stereocenters. The summed E-state index contributed by atoms with van der Waals surface area (Å²) in [5, 5.41) is 6.03. The zero-order valence-electron chi connectivity index (χ0n) is 17.4. The molecule has 2 heterocycles. The van der Waals surface area contributed by atoms with E-state index in [4.69, 9.17) is 9.47 Å². The topological polar surface area (TPSA) is 85.4 Å². The summed E-state index contributed by atoms with van der Waals surface area (Å²) in [5.41, 5.74) is 2.45. The third-order valence-electron chi connectivity index (χ3n) is 4.96. The van der Waals surface area contributed by atoms with Gasteiger partial charge < -0.3 is 20.1 Å². The van der Waals surface area contributed by atoms with E-state index in [0.717, 1.165) is 5.69 Å². The van der Waals surface area contributed by atoms with Crippen LogP contribution >= 0.6 is 0 Å². The molecule has 0 unspecified atom stereocenters. The quantitative estimate of drug-likeness (QED) is 0.450. The minimum Gasteiger partial charge on any atom is -0.486 e. The number of hydrogen-bond donors (Lipinski definition) is 2. The van der Waals surface area contributed by atoms with Crippen molar-refractivity contribution in [3.05, 3.63) is 90.4 Å². The lowest BCUT2D eigenvalue weighted by Gasteiger charge is -2.19. The maximum atomic E-state index is 13.5. The Morgan fingerprint density at radius 1 is 0.879 bits per heavy atom. The smallest absolute Gasteiger partial charge is 0.255 e. The predicted octanol–water partition coefficient (Wildman–Crippen LogP) is 5.05. The first-order valence-electron chi connectivity index (χ1n) is 10.3. The lowest BCUT2D eigenvalue weighted by Crippen LogP contribution is -2.16. The van der Waals surface area contributed by atoms with E-state index in [1.165, 1.54) is 12.1 Å². The number of halogens is 1. The van der Waals surface area contributed by atoms with E-state index in [1.54, 1.807) is 66.9 Å². The van der Waals surface area contributed by atoms with Crippen LogP contribution in [0.3, 0.4) is 0 Å². The number of aromatic nitrogens is 2. The average Bonchev–Trinajstić information content (AvgIpc) is 2.84. The molecule has 0 saturated carbocycles. The highest BCUT2D eigenvalue weighted by molar-refractivity contribution is 6.04. The Morgan fingerprint density at radius 3 is 2.48 bits per heavy atom. The summed E-state index contributed by atoms with van der Waals surface area (Å²) in [7, 11) is 0. The average molecular weight is 442 g/mol. The van der Waals surface area contributed by atoms with Crippen LogP contribution in [0.1, 0.15) is 10.4 Å². The van der Waals surface area contributed by atoms with Crippen LogP contribution < -0.4 is 20.1 Å². The Kier molecular flexibility index (Phi) is 5.55. The molecule has 2 N–H and O–H groups in total. The first kappa shape index (κ1) is 20.4. The summed E-state index contributed by atoms with van der Waals surface area (Å²) in [6, 6.07) is 20.1. The first-order valence-corrected chi connectivity index (χ1v) is 10.3. The molecule has 3 aromatic carbocycles. The molecule has 7 nitrogen and oxygen atoms in total. The van der Waals surface area contributed by atoms with Crippen LogP contribution in [0, 0.1) is 5.82 Å². The number of hydrogen-bond acceptors (Lipinski definition) is 6. The van der Waals surface area contributed by atoms with Crippen LogP contribution in [0.4, 0.5) is 21.6 Å². The van der Waals surface area contributed by atoms with Crippen molar-refractivity contribution in [3.63, 3.8) is 0 Å². The van der Waals surface area contributed by atoms with Gasteiger partial charge in [-0.1, -0.05) is 12.1 Å². The van der Waals surface area contributed by atoms with Crippen molar-refractivity contribution in [2.75, 3.05) is 23.8 Å². The van der Waals surface area contributed by atoms with Gasteiger partial charge in [0.25, 0.3) is 5.91 Å². The fourth-order valence-corrected chi connectivity index (χ4v) is 3.37. The fourth-order valence-electron chi connectivity index (χ4n) is 3.37. The number of nitrogens with zero attached hydrogens (tertiary/aromatic N) is 2. The molecule has 0 spiro atoms. The van der Waals surface area contributed by atoms with Crippen LogP contribution in [0.15, 0.2) is 79.0 Å². The molecular weight excluding hydrogens is 423 g/mol. The van der Waals surface area contributed by atoms with E-state index in [2.05, 4.69) is 20.6 Å². The summed E-state index contributed by atoms with van der Waals surface area (Å²) in [5.74, 6) is 1.65. The normalized spacial score (nSPS) is 12.2. The molecule has 1 aliphatic heterocycles. The third-order valence-corrected chi connectivity index (χ3v) is 4.96. The van der Waals surface area contributed by atoms with Crippen molar-refractivity contribution in [1.82, 2.24) is 9.97 Å². The van der Waals surface area contributed by atoms with E-state index in [9.17, 15) is 9.18 Å². The highest BCUT2D eigenvalue weighted by Crippen LogP contribution is 2.32. The van der Waals surface area contributed by atoms with Gasteiger partial charge in [-0.05, 0) is 54.6 Å². The van der Waals surface area contributed by atoms with Crippen LogP contribution in [0.2, 0.25) is 0 Å². The molecule has 0 aliphatic carbocycles.